The van der Waals surface area contributed by atoms with Crippen molar-refractivity contribution in [1.82, 2.24) is 0 Å². The van der Waals surface area contributed by atoms with Gasteiger partial charge in [-0.1, -0.05) is 6.07 Å². The van der Waals surface area contributed by atoms with Gasteiger partial charge in [-0.2, -0.15) is 8.42 Å². The van der Waals surface area contributed by atoms with E-state index in [0.29, 0.717) is 12.3 Å². The Hall–Kier alpha value is -1.31. The Morgan fingerprint density at radius 3 is 2.63 bits per heavy atom. The monoisotopic (exact) mass is 289 g/mol. The number of benzene rings is 1. The predicted octanol–water partition coefficient (Wildman–Crippen LogP) is 0.770. The normalized spacial score (nSPS) is 13.1. The fraction of sp³-hybridized carbons (Fsp3) is 0.500. The van der Waals surface area contributed by atoms with Crippen molar-refractivity contribution in [2.45, 2.75) is 13.0 Å². The molecule has 0 aromatic heterocycles. The van der Waals surface area contributed by atoms with Crippen LogP contribution in [0.15, 0.2) is 24.3 Å². The van der Waals surface area contributed by atoms with E-state index in [1.165, 1.54) is 0 Å². The summed E-state index contributed by atoms with van der Waals surface area (Å²) in [6.07, 6.45) is -1.15. The van der Waals surface area contributed by atoms with E-state index in [2.05, 4.69) is 0 Å². The molecule has 108 valence electrons. The van der Waals surface area contributed by atoms with Gasteiger partial charge in [-0.15, -0.1) is 0 Å². The highest BCUT2D eigenvalue weighted by Gasteiger charge is 2.17. The fourth-order valence-electron chi connectivity index (χ4n) is 1.77. The van der Waals surface area contributed by atoms with Crippen molar-refractivity contribution in [3.8, 4) is 5.75 Å². The van der Waals surface area contributed by atoms with Gasteiger partial charge >= 0.3 is 0 Å². The zero-order chi connectivity index (χ0) is 14.5. The molecule has 6 nitrogen and oxygen atoms in total. The summed E-state index contributed by atoms with van der Waals surface area (Å²) in [6.45, 7) is 2.60. The van der Waals surface area contributed by atoms with Gasteiger partial charge in [0, 0.05) is 24.8 Å². The number of aliphatic hydroxyl groups excluding tert-OH is 1. The second-order valence-electron chi connectivity index (χ2n) is 4.14. The number of aliphatic hydroxyl groups is 1. The minimum absolute atomic E-state index is 0.115. The third-order valence-corrected chi connectivity index (χ3v) is 3.44. The molecule has 0 heterocycles. The van der Waals surface area contributed by atoms with Crippen LogP contribution in [-0.2, 0) is 10.1 Å². The molecule has 0 aliphatic carbocycles. The summed E-state index contributed by atoms with van der Waals surface area (Å²) in [5, 5.41) is 9.66. The summed E-state index contributed by atoms with van der Waals surface area (Å²) in [5.74, 6) is 0.00761. The Labute approximate surface area is 113 Å². The maximum Gasteiger partial charge on any atom is 0.267 e. The van der Waals surface area contributed by atoms with Crippen molar-refractivity contribution in [2.24, 2.45) is 0 Å². The molecule has 0 fully saturated rings. The van der Waals surface area contributed by atoms with E-state index in [-0.39, 0.29) is 6.54 Å². The molecule has 0 aliphatic heterocycles. The quantitative estimate of drug-likeness (QED) is 0.721. The average Bonchev–Trinajstić information content (AvgIpc) is 2.34. The van der Waals surface area contributed by atoms with Crippen LogP contribution >= 0.6 is 0 Å². The molecule has 0 saturated heterocycles. The van der Waals surface area contributed by atoms with E-state index in [1.807, 2.05) is 19.1 Å². The van der Waals surface area contributed by atoms with Crippen LogP contribution in [0, 0.1) is 0 Å². The molecule has 0 aliphatic rings. The van der Waals surface area contributed by atoms with E-state index >= 15 is 0 Å². The van der Waals surface area contributed by atoms with Crippen molar-refractivity contribution >= 4 is 15.8 Å². The molecule has 0 spiro atoms. The van der Waals surface area contributed by atoms with Crippen LogP contribution in [0.2, 0.25) is 0 Å². The molecular formula is C12H19NO5S. The molecule has 19 heavy (non-hydrogen) atoms. The van der Waals surface area contributed by atoms with Crippen molar-refractivity contribution in [1.29, 1.82) is 0 Å². The average molecular weight is 289 g/mol. The summed E-state index contributed by atoms with van der Waals surface area (Å²) in [4.78, 5) is 1.80. The molecule has 1 aromatic rings. The summed E-state index contributed by atoms with van der Waals surface area (Å²) in [5.41, 5.74) is 0.816. The van der Waals surface area contributed by atoms with E-state index in [1.54, 1.807) is 24.1 Å². The maximum atomic E-state index is 10.7. The number of likely N-dealkylation sites (N-methyl/N-ethyl adjacent to an activating group) is 1. The summed E-state index contributed by atoms with van der Waals surface area (Å²) in [6, 6.07) is 7.24. The highest BCUT2D eigenvalue weighted by atomic mass is 32.2. The minimum atomic E-state index is -4.17. The molecule has 1 atom stereocenters. The van der Waals surface area contributed by atoms with Gasteiger partial charge in [-0.05, 0) is 19.1 Å². The molecule has 7 heteroatoms. The molecule has 2 N–H and O–H groups in total. The maximum absolute atomic E-state index is 10.7. The second-order valence-corrected chi connectivity index (χ2v) is 5.64. The zero-order valence-electron chi connectivity index (χ0n) is 11.0. The third kappa shape index (κ3) is 5.46. The smallest absolute Gasteiger partial charge is 0.267 e. The van der Waals surface area contributed by atoms with Gasteiger partial charge in [0.05, 0.1) is 13.2 Å². The van der Waals surface area contributed by atoms with E-state index in [0.717, 1.165) is 5.69 Å². The van der Waals surface area contributed by atoms with Crippen LogP contribution in [0.4, 0.5) is 5.69 Å². The molecule has 0 bridgehead atoms. The van der Waals surface area contributed by atoms with Crippen LogP contribution in [0.5, 0.6) is 5.75 Å². The Bertz CT molecular complexity index is 503. The molecule has 1 rings (SSSR count). The van der Waals surface area contributed by atoms with Gasteiger partial charge in [0.25, 0.3) is 10.1 Å². The molecule has 0 amide bonds. The van der Waals surface area contributed by atoms with Crippen LogP contribution in [0.3, 0.4) is 0 Å². The number of ether oxygens (including phenoxy) is 1. The highest BCUT2D eigenvalue weighted by molar-refractivity contribution is 7.85. The van der Waals surface area contributed by atoms with Crippen LogP contribution in [-0.4, -0.2) is 50.1 Å². The van der Waals surface area contributed by atoms with Gasteiger partial charge < -0.3 is 14.7 Å². The Kier molecular flexibility index (Phi) is 5.59. The van der Waals surface area contributed by atoms with E-state index in [4.69, 9.17) is 9.29 Å². The van der Waals surface area contributed by atoms with Gasteiger partial charge in [-0.25, -0.2) is 0 Å². The lowest BCUT2D eigenvalue weighted by molar-refractivity contribution is 0.200. The van der Waals surface area contributed by atoms with Crippen molar-refractivity contribution < 1.29 is 22.8 Å². The number of rotatable bonds is 7. The number of anilines is 1. The first-order valence-electron chi connectivity index (χ1n) is 5.88. The molecule has 0 radical (unpaired) electrons. The van der Waals surface area contributed by atoms with Crippen LogP contribution in [0.25, 0.3) is 0 Å². The van der Waals surface area contributed by atoms with Gasteiger partial charge in [0.1, 0.15) is 11.5 Å². The first-order valence-corrected chi connectivity index (χ1v) is 7.49. The largest absolute Gasteiger partial charge is 0.497 e. The van der Waals surface area contributed by atoms with E-state index < -0.39 is 22.0 Å². The second kappa shape index (κ2) is 6.74. The number of methoxy groups -OCH3 is 1. The van der Waals surface area contributed by atoms with Gasteiger partial charge in [0.15, 0.2) is 0 Å². The Morgan fingerprint density at radius 2 is 2.11 bits per heavy atom. The number of nitrogens with zero attached hydrogens (tertiary/aromatic N) is 1. The first-order chi connectivity index (χ1) is 8.85. The summed E-state index contributed by atoms with van der Waals surface area (Å²) >= 11 is 0. The fourth-order valence-corrected chi connectivity index (χ4v) is 2.37. The van der Waals surface area contributed by atoms with Gasteiger partial charge in [-0.3, -0.25) is 4.55 Å². The summed E-state index contributed by atoms with van der Waals surface area (Å²) in [7, 11) is -2.62. The minimum Gasteiger partial charge on any atom is -0.497 e. The summed E-state index contributed by atoms with van der Waals surface area (Å²) < 4.78 is 35.2. The molecule has 1 aromatic carbocycles. The lowest BCUT2D eigenvalue weighted by Crippen LogP contribution is -2.36. The Balaban J connectivity index is 2.77. The van der Waals surface area contributed by atoms with Gasteiger partial charge in [0.2, 0.25) is 0 Å². The lowest BCUT2D eigenvalue weighted by atomic mass is 10.2. The standard InChI is InChI=1S/C12H19NO5S/c1-3-13(8-11(14)9-19(15,16)17)10-5-4-6-12(7-10)18-2/h4-7,11,14H,3,8-9H2,1-2H3,(H,15,16,17). The van der Waals surface area contributed by atoms with Crippen LogP contribution in [0.1, 0.15) is 6.92 Å². The number of hydrogen-bond acceptors (Lipinski definition) is 5. The molecule has 0 saturated carbocycles. The topological polar surface area (TPSA) is 87.1 Å². The van der Waals surface area contributed by atoms with Crippen LogP contribution < -0.4 is 9.64 Å². The Morgan fingerprint density at radius 1 is 1.42 bits per heavy atom. The SMILES string of the molecule is CCN(CC(O)CS(=O)(=O)O)c1cccc(OC)c1. The highest BCUT2D eigenvalue weighted by Crippen LogP contribution is 2.21. The van der Waals surface area contributed by atoms with Crippen molar-refractivity contribution in [2.75, 3.05) is 30.9 Å². The first kappa shape index (κ1) is 15.7. The van der Waals surface area contributed by atoms with E-state index in [9.17, 15) is 13.5 Å². The molecule has 1 unspecified atom stereocenters. The van der Waals surface area contributed by atoms with Crippen molar-refractivity contribution in [3.05, 3.63) is 24.3 Å². The zero-order valence-corrected chi connectivity index (χ0v) is 11.8. The predicted molar refractivity (Wildman–Crippen MR) is 73.3 cm³/mol. The third-order valence-electron chi connectivity index (χ3n) is 2.63. The lowest BCUT2D eigenvalue weighted by Gasteiger charge is -2.25. The van der Waals surface area contributed by atoms with Crippen molar-refractivity contribution in [3.63, 3.8) is 0 Å². The molecular weight excluding hydrogens is 270 g/mol. The number of hydrogen-bond donors (Lipinski definition) is 2.